The Bertz CT molecular complexity index is 498. The standard InChI is InChI=1S/C18H30N2O/c1-7-13-8-9-15(14(12-13)17(2,3)4)21-11-10-18(5,6)16(19)20/h8-9,12H,7,10-11H2,1-6H3,(H3,19,20). The third-order valence-electron chi connectivity index (χ3n) is 3.97. The monoisotopic (exact) mass is 290 g/mol. The fourth-order valence-electron chi connectivity index (χ4n) is 2.06. The number of nitrogens with one attached hydrogen (secondary N) is 1. The van der Waals surface area contributed by atoms with E-state index in [2.05, 4.69) is 45.9 Å². The van der Waals surface area contributed by atoms with Gasteiger partial charge in [0.05, 0.1) is 12.4 Å². The van der Waals surface area contributed by atoms with Gasteiger partial charge in [0.1, 0.15) is 5.75 Å². The maximum atomic E-state index is 7.60. The van der Waals surface area contributed by atoms with Gasteiger partial charge >= 0.3 is 0 Å². The molecular weight excluding hydrogens is 260 g/mol. The van der Waals surface area contributed by atoms with Crippen LogP contribution in [0.3, 0.4) is 0 Å². The molecule has 3 N–H and O–H groups in total. The number of hydrogen-bond acceptors (Lipinski definition) is 2. The summed E-state index contributed by atoms with van der Waals surface area (Å²) in [6.45, 7) is 13.3. The Labute approximate surface area is 129 Å². The Morgan fingerprint density at radius 1 is 1.19 bits per heavy atom. The van der Waals surface area contributed by atoms with Crippen LogP contribution in [0.4, 0.5) is 0 Å². The van der Waals surface area contributed by atoms with Gasteiger partial charge in [-0.2, -0.15) is 0 Å². The second-order valence-electron chi connectivity index (χ2n) is 7.33. The first-order valence-corrected chi connectivity index (χ1v) is 7.68. The van der Waals surface area contributed by atoms with Crippen LogP contribution >= 0.6 is 0 Å². The van der Waals surface area contributed by atoms with Gasteiger partial charge in [-0.15, -0.1) is 0 Å². The molecule has 0 unspecified atom stereocenters. The van der Waals surface area contributed by atoms with Crippen LogP contribution in [0.2, 0.25) is 0 Å². The molecule has 0 saturated heterocycles. The summed E-state index contributed by atoms with van der Waals surface area (Å²) in [6, 6.07) is 6.44. The average Bonchev–Trinajstić information content (AvgIpc) is 2.37. The lowest BCUT2D eigenvalue weighted by Gasteiger charge is -2.26. The summed E-state index contributed by atoms with van der Waals surface area (Å²) >= 11 is 0. The molecule has 0 spiro atoms. The van der Waals surface area contributed by atoms with Crippen molar-refractivity contribution < 1.29 is 4.74 Å². The van der Waals surface area contributed by atoms with E-state index in [4.69, 9.17) is 15.9 Å². The lowest BCUT2D eigenvalue weighted by molar-refractivity contribution is 0.263. The highest BCUT2D eigenvalue weighted by Crippen LogP contribution is 2.33. The third kappa shape index (κ3) is 4.76. The molecule has 0 aliphatic heterocycles. The smallest absolute Gasteiger partial charge is 0.123 e. The van der Waals surface area contributed by atoms with E-state index in [0.29, 0.717) is 6.61 Å². The topological polar surface area (TPSA) is 59.1 Å². The molecule has 0 aliphatic rings. The number of hydrogen-bond donors (Lipinski definition) is 2. The van der Waals surface area contributed by atoms with Crippen molar-refractivity contribution in [3.8, 4) is 5.75 Å². The van der Waals surface area contributed by atoms with E-state index < -0.39 is 0 Å². The Morgan fingerprint density at radius 3 is 2.29 bits per heavy atom. The van der Waals surface area contributed by atoms with Crippen LogP contribution < -0.4 is 10.5 Å². The summed E-state index contributed by atoms with van der Waals surface area (Å²) in [6.07, 6.45) is 1.77. The summed E-state index contributed by atoms with van der Waals surface area (Å²) in [5.41, 5.74) is 7.92. The highest BCUT2D eigenvalue weighted by molar-refractivity contribution is 5.82. The number of ether oxygens (including phenoxy) is 1. The summed E-state index contributed by atoms with van der Waals surface area (Å²) < 4.78 is 6.00. The largest absolute Gasteiger partial charge is 0.493 e. The molecule has 0 amide bonds. The molecule has 118 valence electrons. The zero-order valence-electron chi connectivity index (χ0n) is 14.3. The Kier molecular flexibility index (Phi) is 5.43. The average molecular weight is 290 g/mol. The van der Waals surface area contributed by atoms with Gasteiger partial charge < -0.3 is 10.5 Å². The minimum Gasteiger partial charge on any atom is -0.493 e. The van der Waals surface area contributed by atoms with Crippen molar-refractivity contribution in [2.75, 3.05) is 6.61 Å². The van der Waals surface area contributed by atoms with Crippen molar-refractivity contribution in [2.45, 2.75) is 59.8 Å². The summed E-state index contributed by atoms with van der Waals surface area (Å²) in [5, 5.41) is 7.60. The first-order chi connectivity index (χ1) is 9.58. The molecule has 0 atom stereocenters. The first-order valence-electron chi connectivity index (χ1n) is 7.68. The number of benzene rings is 1. The van der Waals surface area contributed by atoms with E-state index in [0.717, 1.165) is 18.6 Å². The summed E-state index contributed by atoms with van der Waals surface area (Å²) in [7, 11) is 0. The zero-order valence-corrected chi connectivity index (χ0v) is 14.3. The Morgan fingerprint density at radius 2 is 1.81 bits per heavy atom. The molecule has 1 aromatic rings. The predicted octanol–water partition coefficient (Wildman–Crippen LogP) is 4.28. The van der Waals surface area contributed by atoms with Crippen LogP contribution in [0, 0.1) is 10.8 Å². The highest BCUT2D eigenvalue weighted by atomic mass is 16.5. The molecule has 0 bridgehead atoms. The maximum absolute atomic E-state index is 7.60. The molecule has 0 radical (unpaired) electrons. The molecule has 0 fully saturated rings. The quantitative estimate of drug-likeness (QED) is 0.607. The maximum Gasteiger partial charge on any atom is 0.123 e. The lowest BCUT2D eigenvalue weighted by atomic mass is 9.85. The van der Waals surface area contributed by atoms with Crippen LogP contribution in [-0.2, 0) is 11.8 Å². The van der Waals surface area contributed by atoms with Crippen molar-refractivity contribution in [3.05, 3.63) is 29.3 Å². The fraction of sp³-hybridized carbons (Fsp3) is 0.611. The predicted molar refractivity (Wildman–Crippen MR) is 90.3 cm³/mol. The second-order valence-corrected chi connectivity index (χ2v) is 7.33. The normalized spacial score (nSPS) is 12.3. The van der Waals surface area contributed by atoms with Crippen molar-refractivity contribution in [1.82, 2.24) is 0 Å². The molecule has 0 aliphatic carbocycles. The van der Waals surface area contributed by atoms with E-state index in [1.165, 1.54) is 11.1 Å². The molecule has 0 heterocycles. The number of aryl methyl sites for hydroxylation is 1. The lowest BCUT2D eigenvalue weighted by Crippen LogP contribution is -2.32. The molecule has 3 heteroatoms. The van der Waals surface area contributed by atoms with E-state index in [1.807, 2.05) is 13.8 Å². The third-order valence-corrected chi connectivity index (χ3v) is 3.97. The van der Waals surface area contributed by atoms with Crippen molar-refractivity contribution >= 4 is 5.84 Å². The van der Waals surface area contributed by atoms with Crippen molar-refractivity contribution in [1.29, 1.82) is 5.41 Å². The van der Waals surface area contributed by atoms with Crippen LogP contribution in [0.1, 0.15) is 59.1 Å². The molecule has 1 aromatic carbocycles. The van der Waals surface area contributed by atoms with Gasteiger partial charge in [-0.05, 0) is 35.4 Å². The molecule has 0 saturated carbocycles. The number of rotatable bonds is 6. The van der Waals surface area contributed by atoms with Crippen LogP contribution in [0.15, 0.2) is 18.2 Å². The summed E-state index contributed by atoms with van der Waals surface area (Å²) in [4.78, 5) is 0. The summed E-state index contributed by atoms with van der Waals surface area (Å²) in [5.74, 6) is 1.16. The van der Waals surface area contributed by atoms with Gasteiger partial charge in [0.2, 0.25) is 0 Å². The van der Waals surface area contributed by atoms with Gasteiger partial charge in [0.25, 0.3) is 0 Å². The molecule has 21 heavy (non-hydrogen) atoms. The van der Waals surface area contributed by atoms with E-state index in [-0.39, 0.29) is 16.7 Å². The van der Waals surface area contributed by atoms with Gasteiger partial charge in [-0.1, -0.05) is 53.7 Å². The van der Waals surface area contributed by atoms with Gasteiger partial charge in [0, 0.05) is 5.41 Å². The molecule has 0 aromatic heterocycles. The van der Waals surface area contributed by atoms with Crippen LogP contribution in [0.5, 0.6) is 5.75 Å². The van der Waals surface area contributed by atoms with Crippen LogP contribution in [-0.4, -0.2) is 12.4 Å². The second kappa shape index (κ2) is 6.50. The van der Waals surface area contributed by atoms with E-state index in [9.17, 15) is 0 Å². The molecule has 1 rings (SSSR count). The van der Waals surface area contributed by atoms with Crippen LogP contribution in [0.25, 0.3) is 0 Å². The fourth-order valence-corrected chi connectivity index (χ4v) is 2.06. The molecular formula is C18H30N2O. The van der Waals surface area contributed by atoms with Crippen molar-refractivity contribution in [3.63, 3.8) is 0 Å². The molecule has 3 nitrogen and oxygen atoms in total. The minimum absolute atomic E-state index is 0.0522. The van der Waals surface area contributed by atoms with E-state index >= 15 is 0 Å². The van der Waals surface area contributed by atoms with Gasteiger partial charge in [0.15, 0.2) is 0 Å². The van der Waals surface area contributed by atoms with Gasteiger partial charge in [-0.3, -0.25) is 5.41 Å². The minimum atomic E-state index is -0.314. The Balaban J connectivity index is 2.87. The van der Waals surface area contributed by atoms with Gasteiger partial charge in [-0.25, -0.2) is 0 Å². The zero-order chi connectivity index (χ0) is 16.3. The number of nitrogens with two attached hydrogens (primary N) is 1. The van der Waals surface area contributed by atoms with E-state index in [1.54, 1.807) is 0 Å². The highest BCUT2D eigenvalue weighted by Gasteiger charge is 2.23. The SMILES string of the molecule is CCc1ccc(OCCC(C)(C)C(=N)N)c(C(C)(C)C)c1. The Hall–Kier alpha value is -1.51. The number of amidine groups is 1. The van der Waals surface area contributed by atoms with Crippen molar-refractivity contribution in [2.24, 2.45) is 11.1 Å². The first kappa shape index (κ1) is 17.5.